The zero-order valence-electron chi connectivity index (χ0n) is 14.8. The van der Waals surface area contributed by atoms with Gasteiger partial charge in [0.25, 0.3) is 0 Å². The van der Waals surface area contributed by atoms with Crippen molar-refractivity contribution in [1.82, 2.24) is 0 Å². The van der Waals surface area contributed by atoms with Crippen molar-refractivity contribution in [2.75, 3.05) is 13.2 Å². The van der Waals surface area contributed by atoms with Gasteiger partial charge in [-0.1, -0.05) is 36.4 Å². The predicted molar refractivity (Wildman–Crippen MR) is 88.9 cm³/mol. The van der Waals surface area contributed by atoms with Crippen molar-refractivity contribution >= 4 is 0 Å². The molecule has 29 heavy (non-hydrogen) atoms. The second-order valence-corrected chi connectivity index (χ2v) is 6.89. The van der Waals surface area contributed by atoms with Gasteiger partial charge in [0.2, 0.25) is 0 Å². The van der Waals surface area contributed by atoms with Crippen LogP contribution in [-0.2, 0) is 26.6 Å². The lowest BCUT2D eigenvalue weighted by Gasteiger charge is -2.27. The number of alkyl halides is 6. The Morgan fingerprint density at radius 2 is 1.03 bits per heavy atom. The van der Waals surface area contributed by atoms with Gasteiger partial charge < -0.3 is 14.2 Å². The lowest BCUT2D eigenvalue weighted by Crippen LogP contribution is -2.24. The summed E-state index contributed by atoms with van der Waals surface area (Å²) in [6, 6.07) is 9.70. The van der Waals surface area contributed by atoms with Gasteiger partial charge in [0, 0.05) is 0 Å². The van der Waals surface area contributed by atoms with Crippen LogP contribution in [0.25, 0.3) is 0 Å². The Balaban J connectivity index is 1.72. The van der Waals surface area contributed by atoms with Crippen LogP contribution in [0.2, 0.25) is 0 Å². The van der Waals surface area contributed by atoms with Crippen molar-refractivity contribution in [2.45, 2.75) is 36.8 Å². The van der Waals surface area contributed by atoms with Crippen LogP contribution in [0.5, 0.6) is 0 Å². The minimum absolute atomic E-state index is 0.163. The van der Waals surface area contributed by atoms with Crippen LogP contribution in [0.15, 0.2) is 48.5 Å². The van der Waals surface area contributed by atoms with E-state index >= 15 is 0 Å². The topological polar surface area (TPSA) is 34.3 Å². The van der Waals surface area contributed by atoms with Gasteiger partial charge in [-0.25, -0.2) is 0 Å². The van der Waals surface area contributed by atoms with Crippen LogP contribution >= 0.6 is 0 Å². The molecule has 4 rings (SSSR count). The Morgan fingerprint density at radius 1 is 0.690 bits per heavy atom. The third kappa shape index (κ3) is 4.41. The van der Waals surface area contributed by atoms with Gasteiger partial charge in [-0.3, -0.25) is 0 Å². The monoisotopic (exact) mass is 418 g/mol. The van der Waals surface area contributed by atoms with Gasteiger partial charge in [0.05, 0.1) is 24.3 Å². The lowest BCUT2D eigenvalue weighted by atomic mass is 9.97. The van der Waals surface area contributed by atoms with Gasteiger partial charge in [-0.15, -0.1) is 0 Å². The average molecular weight is 418 g/mol. The summed E-state index contributed by atoms with van der Waals surface area (Å²) < 4.78 is 97.1. The summed E-state index contributed by atoms with van der Waals surface area (Å²) in [6.07, 6.45) is -13.0. The van der Waals surface area contributed by atoms with E-state index in [1.165, 1.54) is 36.4 Å². The Hall–Kier alpha value is -2.10. The maximum absolute atomic E-state index is 13.5. The second-order valence-electron chi connectivity index (χ2n) is 6.89. The highest BCUT2D eigenvalue weighted by molar-refractivity contribution is 5.35. The zero-order chi connectivity index (χ0) is 20.8. The number of halogens is 6. The smallest absolute Gasteiger partial charge is 0.370 e. The third-order valence-electron chi connectivity index (χ3n) is 4.83. The summed E-state index contributed by atoms with van der Waals surface area (Å²) in [4.78, 5) is 0. The molecule has 0 radical (unpaired) electrons. The van der Waals surface area contributed by atoms with Gasteiger partial charge in [0.15, 0.2) is 0 Å². The lowest BCUT2D eigenvalue weighted by molar-refractivity contribution is -0.142. The maximum Gasteiger partial charge on any atom is 0.416 e. The highest BCUT2D eigenvalue weighted by atomic mass is 19.4. The largest absolute Gasteiger partial charge is 0.416 e. The second kappa shape index (κ2) is 7.30. The standard InChI is InChI=1S/C20H16F6O3/c21-19(22,23)13-7-3-1-5-11(13)17(15-9-27-15)29-18(16-10-28-16)12-6-2-4-8-14(12)20(24,25)26/h1-8,15-18H,9-10H2. The first kappa shape index (κ1) is 20.2. The first-order valence-corrected chi connectivity index (χ1v) is 8.87. The molecule has 156 valence electrons. The molecule has 2 aromatic carbocycles. The molecule has 0 saturated carbocycles. The van der Waals surface area contributed by atoms with Crippen LogP contribution in [0.4, 0.5) is 26.3 Å². The third-order valence-corrected chi connectivity index (χ3v) is 4.83. The van der Waals surface area contributed by atoms with E-state index in [1.807, 2.05) is 0 Å². The van der Waals surface area contributed by atoms with Crippen LogP contribution in [0.1, 0.15) is 34.5 Å². The fourth-order valence-corrected chi connectivity index (χ4v) is 3.35. The van der Waals surface area contributed by atoms with Crippen molar-refractivity contribution in [3.8, 4) is 0 Å². The summed E-state index contributed by atoms with van der Waals surface area (Å²) in [5, 5.41) is 0. The molecule has 9 heteroatoms. The first-order valence-electron chi connectivity index (χ1n) is 8.87. The van der Waals surface area contributed by atoms with Crippen molar-refractivity contribution in [2.24, 2.45) is 0 Å². The van der Waals surface area contributed by atoms with Crippen LogP contribution in [-0.4, -0.2) is 25.4 Å². The maximum atomic E-state index is 13.5. The number of hydrogen-bond acceptors (Lipinski definition) is 3. The normalized spacial score (nSPS) is 23.5. The van der Waals surface area contributed by atoms with Crippen molar-refractivity contribution in [3.63, 3.8) is 0 Å². The summed E-state index contributed by atoms with van der Waals surface area (Å²) in [7, 11) is 0. The fourth-order valence-electron chi connectivity index (χ4n) is 3.35. The molecule has 0 N–H and O–H groups in total. The molecule has 0 aromatic heterocycles. The van der Waals surface area contributed by atoms with E-state index in [2.05, 4.69) is 0 Å². The van der Waals surface area contributed by atoms with E-state index in [1.54, 1.807) is 0 Å². The molecule has 0 spiro atoms. The molecule has 0 bridgehead atoms. The van der Waals surface area contributed by atoms with Gasteiger partial charge in [-0.05, 0) is 23.3 Å². The number of epoxide rings is 2. The summed E-state index contributed by atoms with van der Waals surface area (Å²) in [5.41, 5.74) is -2.14. The van der Waals surface area contributed by atoms with Crippen LogP contribution in [0.3, 0.4) is 0 Å². The molecule has 4 unspecified atom stereocenters. The Kier molecular flexibility index (Phi) is 5.08. The van der Waals surface area contributed by atoms with Crippen molar-refractivity contribution in [1.29, 1.82) is 0 Å². The highest BCUT2D eigenvalue weighted by Gasteiger charge is 2.47. The Morgan fingerprint density at radius 3 is 1.34 bits per heavy atom. The van der Waals surface area contributed by atoms with E-state index < -0.39 is 47.9 Å². The molecule has 2 heterocycles. The van der Waals surface area contributed by atoms with E-state index in [0.29, 0.717) is 0 Å². The van der Waals surface area contributed by atoms with Crippen LogP contribution < -0.4 is 0 Å². The zero-order valence-corrected chi connectivity index (χ0v) is 14.8. The minimum Gasteiger partial charge on any atom is -0.370 e. The summed E-state index contributed by atoms with van der Waals surface area (Å²) in [6.45, 7) is 0.325. The number of ether oxygens (including phenoxy) is 3. The first-order chi connectivity index (χ1) is 13.7. The van der Waals surface area contributed by atoms with Crippen LogP contribution in [0, 0.1) is 0 Å². The summed E-state index contributed by atoms with van der Waals surface area (Å²) >= 11 is 0. The SMILES string of the molecule is FC(F)(F)c1ccccc1C(OC(c1ccccc1C(F)(F)F)C1CO1)C1CO1. The fraction of sp³-hybridized carbons (Fsp3) is 0.400. The predicted octanol–water partition coefficient (Wildman–Crippen LogP) is 5.32. The minimum atomic E-state index is -4.64. The molecular formula is C20H16F6O3. The molecule has 2 aliphatic heterocycles. The molecule has 0 aliphatic carbocycles. The van der Waals surface area contributed by atoms with Crippen molar-refractivity contribution < 1.29 is 40.6 Å². The van der Waals surface area contributed by atoms with E-state index in [9.17, 15) is 26.3 Å². The van der Waals surface area contributed by atoms with Gasteiger partial charge in [0.1, 0.15) is 24.4 Å². The van der Waals surface area contributed by atoms with E-state index in [4.69, 9.17) is 14.2 Å². The Labute approximate surface area is 162 Å². The molecule has 2 aliphatic rings. The molecule has 4 atom stereocenters. The highest BCUT2D eigenvalue weighted by Crippen LogP contribution is 2.46. The van der Waals surface area contributed by atoms with Gasteiger partial charge >= 0.3 is 12.4 Å². The van der Waals surface area contributed by atoms with E-state index in [0.717, 1.165) is 12.1 Å². The quantitative estimate of drug-likeness (QED) is 0.470. The van der Waals surface area contributed by atoms with Gasteiger partial charge in [-0.2, -0.15) is 26.3 Å². The molecule has 0 amide bonds. The number of benzene rings is 2. The number of rotatable bonds is 6. The molecule has 2 aromatic rings. The van der Waals surface area contributed by atoms with Crippen molar-refractivity contribution in [3.05, 3.63) is 70.8 Å². The molecular weight excluding hydrogens is 402 g/mol. The Bertz CT molecular complexity index is 800. The average Bonchev–Trinajstić information content (AvgIpc) is 3.54. The van der Waals surface area contributed by atoms with E-state index in [-0.39, 0.29) is 24.3 Å². The molecule has 2 saturated heterocycles. The summed E-state index contributed by atoms with van der Waals surface area (Å²) in [5.74, 6) is 0. The molecule has 3 nitrogen and oxygen atoms in total. The molecule has 2 fully saturated rings. The number of hydrogen-bond donors (Lipinski definition) is 0.